The van der Waals surface area contributed by atoms with Crippen LogP contribution in [-0.2, 0) is 16.0 Å². The van der Waals surface area contributed by atoms with Gasteiger partial charge in [-0.05, 0) is 31.5 Å². The quantitative estimate of drug-likeness (QED) is 0.834. The first-order chi connectivity index (χ1) is 12.0. The van der Waals surface area contributed by atoms with Gasteiger partial charge in [-0.25, -0.2) is 4.98 Å². The number of ether oxygens (including phenoxy) is 1. The average Bonchev–Trinajstić information content (AvgIpc) is 2.95. The molecule has 1 aromatic carbocycles. The number of quaternary nitrogens is 1. The second-order valence-electron chi connectivity index (χ2n) is 6.58. The molecule has 3 rings (SSSR count). The fraction of sp³-hybridized carbons (Fsp3) is 0.444. The van der Waals surface area contributed by atoms with Gasteiger partial charge in [-0.1, -0.05) is 23.7 Å². The molecule has 0 unspecified atom stereocenters. The molecule has 1 aromatic heterocycles. The molecule has 0 aliphatic carbocycles. The van der Waals surface area contributed by atoms with Gasteiger partial charge in [-0.15, -0.1) is 11.3 Å². The number of amides is 1. The number of carbonyl (C=O) groups excluding carboxylic acids is 1. The van der Waals surface area contributed by atoms with Crippen LogP contribution in [0.5, 0.6) is 0 Å². The molecule has 1 fully saturated rings. The van der Waals surface area contributed by atoms with Gasteiger partial charge in [0.15, 0.2) is 11.7 Å². The third-order valence-corrected chi connectivity index (χ3v) is 5.28. The maximum absolute atomic E-state index is 12.3. The summed E-state index contributed by atoms with van der Waals surface area (Å²) in [5.41, 5.74) is 1.17. The van der Waals surface area contributed by atoms with E-state index in [0.717, 1.165) is 29.4 Å². The Kier molecular flexibility index (Phi) is 6.06. The van der Waals surface area contributed by atoms with Crippen molar-refractivity contribution in [2.24, 2.45) is 0 Å². The monoisotopic (exact) mass is 380 g/mol. The Morgan fingerprint density at radius 1 is 1.32 bits per heavy atom. The molecule has 7 heteroatoms. The van der Waals surface area contributed by atoms with Crippen molar-refractivity contribution in [2.45, 2.75) is 32.5 Å². The Labute approximate surface area is 157 Å². The molecule has 0 spiro atoms. The maximum atomic E-state index is 12.3. The van der Waals surface area contributed by atoms with E-state index in [-0.39, 0.29) is 18.1 Å². The van der Waals surface area contributed by atoms with E-state index >= 15 is 0 Å². The van der Waals surface area contributed by atoms with Crippen molar-refractivity contribution < 1.29 is 14.4 Å². The molecule has 2 atom stereocenters. The smallest absolute Gasteiger partial charge is 0.281 e. The number of nitrogens with one attached hydrogen (secondary N) is 2. The van der Waals surface area contributed by atoms with Gasteiger partial charge in [-0.2, -0.15) is 0 Å². The average molecular weight is 381 g/mol. The van der Waals surface area contributed by atoms with Crippen LogP contribution in [0.15, 0.2) is 30.5 Å². The number of hydrogen-bond acceptors (Lipinski definition) is 4. The molecule has 1 aliphatic rings. The molecule has 5 nitrogen and oxygen atoms in total. The van der Waals surface area contributed by atoms with Crippen LogP contribution in [0, 0.1) is 0 Å². The van der Waals surface area contributed by atoms with Crippen molar-refractivity contribution in [2.75, 3.05) is 25.0 Å². The van der Waals surface area contributed by atoms with Crippen molar-refractivity contribution in [1.29, 1.82) is 0 Å². The van der Waals surface area contributed by atoms with Gasteiger partial charge in [0.25, 0.3) is 5.91 Å². The largest absolute Gasteiger partial charge is 0.364 e. The van der Waals surface area contributed by atoms with Crippen LogP contribution in [0.4, 0.5) is 5.13 Å². The Balaban J connectivity index is 1.52. The Morgan fingerprint density at radius 2 is 2.00 bits per heavy atom. The summed E-state index contributed by atoms with van der Waals surface area (Å²) in [6.07, 6.45) is 2.99. The van der Waals surface area contributed by atoms with E-state index in [1.807, 2.05) is 30.5 Å². The number of aromatic nitrogens is 1. The first-order valence-electron chi connectivity index (χ1n) is 8.46. The lowest BCUT2D eigenvalue weighted by molar-refractivity contribution is -0.907. The minimum atomic E-state index is 0.00342. The molecule has 25 heavy (non-hydrogen) atoms. The number of hydrogen-bond donors (Lipinski definition) is 2. The lowest BCUT2D eigenvalue weighted by atomic mass is 10.1. The molecule has 2 N–H and O–H groups in total. The maximum Gasteiger partial charge on any atom is 0.281 e. The van der Waals surface area contributed by atoms with E-state index in [4.69, 9.17) is 16.3 Å². The van der Waals surface area contributed by atoms with Gasteiger partial charge < -0.3 is 9.64 Å². The van der Waals surface area contributed by atoms with Crippen LogP contribution in [0.2, 0.25) is 5.02 Å². The van der Waals surface area contributed by atoms with E-state index < -0.39 is 0 Å². The summed E-state index contributed by atoms with van der Waals surface area (Å²) in [5.74, 6) is 0.00342. The van der Waals surface area contributed by atoms with Crippen molar-refractivity contribution in [1.82, 2.24) is 4.98 Å². The minimum absolute atomic E-state index is 0.00342. The zero-order chi connectivity index (χ0) is 17.8. The van der Waals surface area contributed by atoms with E-state index in [9.17, 15) is 4.79 Å². The molecular formula is C18H23ClN3O2S+. The zero-order valence-electron chi connectivity index (χ0n) is 14.4. The number of nitrogens with zero attached hydrogens (tertiary/aromatic N) is 1. The number of halogens is 1. The van der Waals surface area contributed by atoms with Gasteiger partial charge in [0.2, 0.25) is 0 Å². The highest BCUT2D eigenvalue weighted by atomic mass is 35.5. The standard InChI is InChI=1S/C18H22ClN3O2S/c1-12-9-22(10-13(2)24-12)11-17(23)21-18-20-8-16(25-18)7-14-3-5-15(19)6-4-14/h3-6,8,12-13H,7,9-11H2,1-2H3,(H,20,21,23)/p+1/t12-,13-/m1/s1. The second-order valence-corrected chi connectivity index (χ2v) is 8.13. The fourth-order valence-electron chi connectivity index (χ4n) is 3.17. The summed E-state index contributed by atoms with van der Waals surface area (Å²) in [7, 11) is 0. The van der Waals surface area contributed by atoms with Crippen LogP contribution in [0.1, 0.15) is 24.3 Å². The summed E-state index contributed by atoms with van der Waals surface area (Å²) >= 11 is 7.42. The number of benzene rings is 1. The Hall–Kier alpha value is -1.47. The van der Waals surface area contributed by atoms with Gasteiger partial charge in [-0.3, -0.25) is 10.1 Å². The minimum Gasteiger partial charge on any atom is -0.364 e. The highest BCUT2D eigenvalue weighted by Gasteiger charge is 2.27. The van der Waals surface area contributed by atoms with Crippen molar-refractivity contribution >= 4 is 34.0 Å². The van der Waals surface area contributed by atoms with E-state index in [2.05, 4.69) is 24.1 Å². The zero-order valence-corrected chi connectivity index (χ0v) is 16.0. The number of morpholine rings is 1. The molecular weight excluding hydrogens is 358 g/mol. The predicted octanol–water partition coefficient (Wildman–Crippen LogP) is 2.02. The van der Waals surface area contributed by atoms with E-state index in [1.54, 1.807) is 0 Å². The second kappa shape index (κ2) is 8.27. The van der Waals surface area contributed by atoms with Gasteiger partial charge in [0.1, 0.15) is 25.3 Å². The lowest BCUT2D eigenvalue weighted by Crippen LogP contribution is -3.16. The van der Waals surface area contributed by atoms with Crippen LogP contribution in [0.25, 0.3) is 0 Å². The SMILES string of the molecule is C[C@@H]1C[NH+](CC(=O)Nc2ncc(Cc3ccc(Cl)cc3)s2)C[C@@H](C)O1. The highest BCUT2D eigenvalue weighted by molar-refractivity contribution is 7.15. The Bertz CT molecular complexity index is 709. The van der Waals surface area contributed by atoms with Crippen LogP contribution < -0.4 is 10.2 Å². The molecule has 1 saturated heterocycles. The summed E-state index contributed by atoms with van der Waals surface area (Å²) < 4.78 is 5.71. The van der Waals surface area contributed by atoms with Gasteiger partial charge in [0.05, 0.1) is 0 Å². The fourth-order valence-corrected chi connectivity index (χ4v) is 4.16. The van der Waals surface area contributed by atoms with Crippen LogP contribution >= 0.6 is 22.9 Å². The van der Waals surface area contributed by atoms with E-state index in [0.29, 0.717) is 11.7 Å². The summed E-state index contributed by atoms with van der Waals surface area (Å²) in [6, 6.07) is 7.77. The molecule has 1 aliphatic heterocycles. The summed E-state index contributed by atoms with van der Waals surface area (Å²) in [4.78, 5) is 19.0. The Morgan fingerprint density at radius 3 is 2.68 bits per heavy atom. The predicted molar refractivity (Wildman–Crippen MR) is 101 cm³/mol. The highest BCUT2D eigenvalue weighted by Crippen LogP contribution is 2.21. The third-order valence-electron chi connectivity index (χ3n) is 4.12. The summed E-state index contributed by atoms with van der Waals surface area (Å²) in [6.45, 7) is 6.27. The molecule has 134 valence electrons. The van der Waals surface area contributed by atoms with Crippen molar-refractivity contribution in [3.8, 4) is 0 Å². The number of rotatable bonds is 5. The molecule has 2 aromatic rings. The van der Waals surface area contributed by atoms with Crippen LogP contribution in [-0.4, -0.2) is 42.7 Å². The number of thiazole rings is 1. The third kappa shape index (κ3) is 5.51. The lowest BCUT2D eigenvalue weighted by Gasteiger charge is -2.31. The van der Waals surface area contributed by atoms with Gasteiger partial charge >= 0.3 is 0 Å². The van der Waals surface area contributed by atoms with E-state index in [1.165, 1.54) is 21.8 Å². The summed E-state index contributed by atoms with van der Waals surface area (Å²) in [5, 5.41) is 4.31. The molecule has 0 saturated carbocycles. The number of anilines is 1. The van der Waals surface area contributed by atoms with Crippen LogP contribution in [0.3, 0.4) is 0 Å². The normalized spacial score (nSPS) is 23.4. The first kappa shape index (κ1) is 18.3. The molecule has 2 heterocycles. The molecule has 0 bridgehead atoms. The molecule has 0 radical (unpaired) electrons. The van der Waals surface area contributed by atoms with Gasteiger partial charge in [0, 0.05) is 22.5 Å². The topological polar surface area (TPSA) is 55.7 Å². The van der Waals surface area contributed by atoms with Crippen molar-refractivity contribution in [3.05, 3.63) is 45.9 Å². The molecule has 1 amide bonds. The number of carbonyl (C=O) groups is 1. The first-order valence-corrected chi connectivity index (χ1v) is 9.65. The van der Waals surface area contributed by atoms with Crippen molar-refractivity contribution in [3.63, 3.8) is 0 Å².